The van der Waals surface area contributed by atoms with Crippen molar-refractivity contribution in [3.63, 3.8) is 0 Å². The fourth-order valence-corrected chi connectivity index (χ4v) is 6.31. The highest BCUT2D eigenvalue weighted by Crippen LogP contribution is 2.40. The number of carbonyl (C=O) groups excluding carboxylic acids is 1. The van der Waals surface area contributed by atoms with Crippen molar-refractivity contribution < 1.29 is 19.1 Å². The number of benzene rings is 2. The summed E-state index contributed by atoms with van der Waals surface area (Å²) in [7, 11) is 0. The number of halogens is 2. The third kappa shape index (κ3) is 5.31. The summed E-state index contributed by atoms with van der Waals surface area (Å²) in [5.74, 6) is 0.790. The minimum atomic E-state index is -0.618. The minimum absolute atomic E-state index is 0.0266. The third-order valence-corrected chi connectivity index (χ3v) is 9.14. The molecule has 38 heavy (non-hydrogen) atoms. The molecule has 1 N–H and O–H groups in total. The van der Waals surface area contributed by atoms with Gasteiger partial charge in [0.15, 0.2) is 0 Å². The van der Waals surface area contributed by atoms with E-state index in [1.54, 1.807) is 12.1 Å². The maximum atomic E-state index is 13.0. The molecule has 1 aromatic heterocycles. The van der Waals surface area contributed by atoms with Crippen LogP contribution in [0.1, 0.15) is 60.8 Å². The van der Waals surface area contributed by atoms with Gasteiger partial charge in [0.1, 0.15) is 17.9 Å². The molecule has 6 nitrogen and oxygen atoms in total. The number of rotatable bonds is 6. The number of amides is 1. The zero-order valence-electron chi connectivity index (χ0n) is 21.8. The van der Waals surface area contributed by atoms with Crippen molar-refractivity contribution in [1.29, 1.82) is 0 Å². The van der Waals surface area contributed by atoms with Crippen LogP contribution in [-0.4, -0.2) is 34.6 Å². The van der Waals surface area contributed by atoms with Crippen molar-refractivity contribution >= 4 is 40.1 Å². The summed E-state index contributed by atoms with van der Waals surface area (Å²) in [4.78, 5) is 27.9. The van der Waals surface area contributed by atoms with E-state index in [2.05, 4.69) is 0 Å². The van der Waals surface area contributed by atoms with E-state index < -0.39 is 11.2 Å². The Hall–Kier alpha value is -2.54. The quantitative estimate of drug-likeness (QED) is 0.355. The highest BCUT2D eigenvalue weighted by Gasteiger charge is 2.43. The van der Waals surface area contributed by atoms with Crippen LogP contribution in [0.5, 0.6) is 5.75 Å². The van der Waals surface area contributed by atoms with Gasteiger partial charge in [-0.3, -0.25) is 4.79 Å². The van der Waals surface area contributed by atoms with Gasteiger partial charge in [-0.05, 0) is 74.9 Å². The molecular formula is C30H33Cl2NO5. The maximum Gasteiger partial charge on any atom is 0.339 e. The van der Waals surface area contributed by atoms with Gasteiger partial charge in [-0.1, -0.05) is 42.1 Å². The summed E-state index contributed by atoms with van der Waals surface area (Å²) >= 11 is 12.1. The second kappa shape index (κ2) is 10.9. The molecule has 0 spiro atoms. The van der Waals surface area contributed by atoms with E-state index in [1.807, 2.05) is 36.9 Å². The lowest BCUT2D eigenvalue weighted by Crippen LogP contribution is -2.54. The van der Waals surface area contributed by atoms with Crippen LogP contribution in [0.2, 0.25) is 10.0 Å². The van der Waals surface area contributed by atoms with E-state index in [9.17, 15) is 14.7 Å². The van der Waals surface area contributed by atoms with Crippen molar-refractivity contribution in [1.82, 2.24) is 4.90 Å². The summed E-state index contributed by atoms with van der Waals surface area (Å²) in [6, 6.07) is 9.10. The Morgan fingerprint density at radius 1 is 1.13 bits per heavy atom. The van der Waals surface area contributed by atoms with Crippen LogP contribution in [0.4, 0.5) is 0 Å². The number of piperidine rings is 1. The molecule has 1 saturated carbocycles. The van der Waals surface area contributed by atoms with E-state index >= 15 is 0 Å². The summed E-state index contributed by atoms with van der Waals surface area (Å²) < 4.78 is 11.8. The summed E-state index contributed by atoms with van der Waals surface area (Å²) in [6.45, 7) is 5.23. The van der Waals surface area contributed by atoms with Crippen molar-refractivity contribution in [3.05, 3.63) is 73.1 Å². The first-order chi connectivity index (χ1) is 18.2. The van der Waals surface area contributed by atoms with Crippen LogP contribution < -0.4 is 10.4 Å². The summed E-state index contributed by atoms with van der Waals surface area (Å²) in [5.41, 5.74) is 2.41. The molecule has 2 atom stereocenters. The second-order valence-corrected chi connectivity index (χ2v) is 11.5. The fraction of sp³-hybridized carbons (Fsp3) is 0.467. The molecule has 8 heteroatoms. The standard InChI is InChI=1S/C30H33Cl2NO5/c1-18-22-7-10-26(37-17-20-6-9-24(31)25(32)15-20)19(2)28(22)38-29(35)23(18)8-11-27(34)33-14-13-30(36)12-4-3-5-21(30)16-33/h6-7,9-10,15,21,36H,3-5,8,11-14,16-17H2,1-2H3/t21-,30-/m1/s1. The molecular weight excluding hydrogens is 525 g/mol. The number of nitrogens with zero attached hydrogens (tertiary/aromatic N) is 1. The average molecular weight is 559 g/mol. The third-order valence-electron chi connectivity index (χ3n) is 8.40. The van der Waals surface area contributed by atoms with E-state index in [0.717, 1.165) is 47.8 Å². The Labute approximate surface area is 232 Å². The predicted octanol–water partition coefficient (Wildman–Crippen LogP) is 6.38. The Balaban J connectivity index is 1.28. The zero-order valence-corrected chi connectivity index (χ0v) is 23.3. The first-order valence-corrected chi connectivity index (χ1v) is 14.0. The Kier molecular flexibility index (Phi) is 7.77. The van der Waals surface area contributed by atoms with Gasteiger partial charge in [-0.25, -0.2) is 4.79 Å². The zero-order chi connectivity index (χ0) is 27.0. The smallest absolute Gasteiger partial charge is 0.339 e. The van der Waals surface area contributed by atoms with Gasteiger partial charge in [0.2, 0.25) is 5.91 Å². The van der Waals surface area contributed by atoms with Crippen LogP contribution in [0.15, 0.2) is 39.5 Å². The lowest BCUT2D eigenvalue weighted by Gasteiger charge is -2.47. The molecule has 0 unspecified atom stereocenters. The van der Waals surface area contributed by atoms with Gasteiger partial charge in [0.25, 0.3) is 0 Å². The van der Waals surface area contributed by atoms with E-state index in [0.29, 0.717) is 59.5 Å². The van der Waals surface area contributed by atoms with E-state index in [1.165, 1.54) is 0 Å². The van der Waals surface area contributed by atoms with Gasteiger partial charge in [-0.15, -0.1) is 0 Å². The monoisotopic (exact) mass is 557 g/mol. The molecule has 5 rings (SSSR count). The van der Waals surface area contributed by atoms with Crippen molar-refractivity contribution in [3.8, 4) is 5.75 Å². The van der Waals surface area contributed by atoms with Crippen molar-refractivity contribution in [2.45, 2.75) is 71.0 Å². The van der Waals surface area contributed by atoms with Crippen LogP contribution in [0.25, 0.3) is 11.0 Å². The van der Waals surface area contributed by atoms with Crippen molar-refractivity contribution in [2.75, 3.05) is 13.1 Å². The molecule has 2 fully saturated rings. The van der Waals surface area contributed by atoms with Crippen LogP contribution in [0, 0.1) is 19.8 Å². The number of aryl methyl sites for hydroxylation is 2. The highest BCUT2D eigenvalue weighted by molar-refractivity contribution is 6.42. The number of ether oxygens (including phenoxy) is 1. The Morgan fingerprint density at radius 3 is 2.74 bits per heavy atom. The lowest BCUT2D eigenvalue weighted by molar-refractivity contribution is -0.143. The molecule has 2 aliphatic rings. The number of hydrogen-bond donors (Lipinski definition) is 1. The fourth-order valence-electron chi connectivity index (χ4n) is 5.99. The molecule has 1 amide bonds. The molecule has 202 valence electrons. The first-order valence-electron chi connectivity index (χ1n) is 13.3. The molecule has 0 radical (unpaired) electrons. The number of carbonyl (C=O) groups is 1. The molecule has 1 aliphatic heterocycles. The van der Waals surface area contributed by atoms with Gasteiger partial charge < -0.3 is 19.2 Å². The Bertz CT molecular complexity index is 1430. The Morgan fingerprint density at radius 2 is 1.95 bits per heavy atom. The number of likely N-dealkylation sites (tertiary alicyclic amines) is 1. The average Bonchev–Trinajstić information content (AvgIpc) is 2.89. The van der Waals surface area contributed by atoms with Gasteiger partial charge >= 0.3 is 5.63 Å². The topological polar surface area (TPSA) is 80.0 Å². The molecule has 0 bridgehead atoms. The molecule has 2 aromatic carbocycles. The van der Waals surface area contributed by atoms with Crippen molar-refractivity contribution in [2.24, 2.45) is 5.92 Å². The van der Waals surface area contributed by atoms with Crippen LogP contribution in [-0.2, 0) is 17.8 Å². The largest absolute Gasteiger partial charge is 0.488 e. The first kappa shape index (κ1) is 27.0. The van der Waals surface area contributed by atoms with E-state index in [4.69, 9.17) is 32.4 Å². The van der Waals surface area contributed by atoms with Gasteiger partial charge in [-0.2, -0.15) is 0 Å². The molecule has 2 heterocycles. The van der Waals surface area contributed by atoms with Crippen LogP contribution in [0.3, 0.4) is 0 Å². The lowest BCUT2D eigenvalue weighted by atomic mass is 9.71. The molecule has 3 aromatic rings. The highest BCUT2D eigenvalue weighted by atomic mass is 35.5. The number of aliphatic hydroxyl groups is 1. The normalized spacial score (nSPS) is 21.4. The van der Waals surface area contributed by atoms with Crippen LogP contribution >= 0.6 is 23.2 Å². The molecule has 1 aliphatic carbocycles. The number of fused-ring (bicyclic) bond motifs is 2. The maximum absolute atomic E-state index is 13.0. The van der Waals surface area contributed by atoms with E-state index in [-0.39, 0.29) is 18.2 Å². The van der Waals surface area contributed by atoms with Gasteiger partial charge in [0, 0.05) is 41.9 Å². The predicted molar refractivity (Wildman–Crippen MR) is 149 cm³/mol. The summed E-state index contributed by atoms with van der Waals surface area (Å²) in [6.07, 6.45) is 5.16. The summed E-state index contributed by atoms with van der Waals surface area (Å²) in [5, 5.41) is 12.7. The SMILES string of the molecule is Cc1c(CCC(=O)N2CC[C@]3(O)CCCC[C@@H]3C2)c(=O)oc2c(C)c(OCc3ccc(Cl)c(Cl)c3)ccc12. The minimum Gasteiger partial charge on any atom is -0.488 e. The van der Waals surface area contributed by atoms with Gasteiger partial charge in [0.05, 0.1) is 15.6 Å². The molecule has 1 saturated heterocycles. The second-order valence-electron chi connectivity index (χ2n) is 10.7. The number of hydrogen-bond acceptors (Lipinski definition) is 5.